The van der Waals surface area contributed by atoms with Crippen molar-refractivity contribution in [3.63, 3.8) is 0 Å². The molecule has 3 N–H and O–H groups in total. The molecular formula is C66H92O29P4. The van der Waals surface area contributed by atoms with Crippen molar-refractivity contribution in [2.75, 3.05) is 85.2 Å². The SMILES string of the molecule is C=C(C)C(=O)OCCOP(=O)(O)OCCOC(=O)C(=C)C.C=CC(=O)OCC(COC(=O)C=C)(COC(=O)C=C)COC(=O)C=C.C=CC(=O)OCP(=O)(OCC)OCC.C=CCP(=O)(c1ccccc1)c1ccccc1.C=COC(=O)CC(C)(CC)COC(=O)C=C.C=CP(=O)(O)O. The fraction of sp³-hybridized carbons (Fsp3) is 0.348. The maximum atomic E-state index is 13.1. The van der Waals surface area contributed by atoms with Crippen LogP contribution in [0.2, 0.25) is 0 Å². The van der Waals surface area contributed by atoms with Crippen molar-refractivity contribution in [3.8, 4) is 0 Å². The van der Waals surface area contributed by atoms with Gasteiger partial charge < -0.3 is 70.9 Å². The molecule has 0 saturated heterocycles. The van der Waals surface area contributed by atoms with Crippen molar-refractivity contribution in [2.24, 2.45) is 10.8 Å². The zero-order chi connectivity index (χ0) is 76.7. The fourth-order valence-corrected chi connectivity index (χ4v) is 10.3. The number of carbonyl (C=O) groups excluding carboxylic acids is 9. The van der Waals surface area contributed by atoms with Gasteiger partial charge in [0.2, 0.25) is 0 Å². The van der Waals surface area contributed by atoms with Crippen molar-refractivity contribution < 1.29 is 137 Å². The third-order valence-electron chi connectivity index (χ3n) is 11.1. The molecule has 0 heterocycles. The average molecular weight is 1470 g/mol. The molecule has 0 aliphatic heterocycles. The molecule has 0 radical (unpaired) electrons. The summed E-state index contributed by atoms with van der Waals surface area (Å²) < 4.78 is 108. The maximum Gasteiger partial charge on any atom is 0.472 e. The number of ether oxygens (including phenoxy) is 9. The number of hydrogen-bond acceptors (Lipinski definition) is 26. The molecule has 1 atom stereocenters. The predicted octanol–water partition coefficient (Wildman–Crippen LogP) is 9.89. The Balaban J connectivity index is -0.000000564. The number of hydrogen-bond donors (Lipinski definition) is 3. The van der Waals surface area contributed by atoms with Crippen molar-refractivity contribution in [3.05, 3.63) is 199 Å². The number of phosphoric acid groups is 1. The van der Waals surface area contributed by atoms with Gasteiger partial charge in [-0.05, 0) is 34.1 Å². The highest BCUT2D eigenvalue weighted by molar-refractivity contribution is 7.78. The van der Waals surface area contributed by atoms with E-state index in [2.05, 4.69) is 100 Å². The van der Waals surface area contributed by atoms with Gasteiger partial charge in [0.1, 0.15) is 52.2 Å². The van der Waals surface area contributed by atoms with Crippen LogP contribution in [0.3, 0.4) is 0 Å². The van der Waals surface area contributed by atoms with E-state index in [-0.39, 0.29) is 103 Å². The molecule has 0 fully saturated rings. The van der Waals surface area contributed by atoms with E-state index >= 15 is 0 Å². The lowest BCUT2D eigenvalue weighted by Gasteiger charge is -2.31. The van der Waals surface area contributed by atoms with Crippen LogP contribution in [0.4, 0.5) is 0 Å². The number of rotatable bonds is 41. The molecule has 2 aromatic carbocycles. The Bertz CT molecular complexity index is 3010. The van der Waals surface area contributed by atoms with E-state index in [1.54, 1.807) is 19.9 Å². The van der Waals surface area contributed by atoms with Crippen LogP contribution in [0.5, 0.6) is 0 Å². The van der Waals surface area contributed by atoms with Crippen LogP contribution in [-0.4, -0.2) is 154 Å². The minimum Gasteiger partial charge on any atom is -0.462 e. The number of carbonyl (C=O) groups is 9. The summed E-state index contributed by atoms with van der Waals surface area (Å²) in [7, 11) is -14.0. The van der Waals surface area contributed by atoms with Gasteiger partial charge in [0.25, 0.3) is 0 Å². The normalized spacial score (nSPS) is 11.1. The highest BCUT2D eigenvalue weighted by Crippen LogP contribution is 2.48. The molecule has 0 spiro atoms. The molecule has 0 aliphatic carbocycles. The summed E-state index contributed by atoms with van der Waals surface area (Å²) in [5.41, 5.74) is -1.34. The smallest absolute Gasteiger partial charge is 0.462 e. The second-order valence-electron chi connectivity index (χ2n) is 19.4. The minimum absolute atomic E-state index is 0.167. The Labute approximate surface area is 578 Å². The number of esters is 9. The van der Waals surface area contributed by atoms with Crippen LogP contribution < -0.4 is 10.6 Å². The first kappa shape index (κ1) is 96.8. The van der Waals surface area contributed by atoms with Gasteiger partial charge in [-0.2, -0.15) is 0 Å². The molecule has 99 heavy (non-hydrogen) atoms. The quantitative estimate of drug-likeness (QED) is 0.0106. The van der Waals surface area contributed by atoms with Gasteiger partial charge in [0, 0.05) is 75.6 Å². The molecule has 0 aliphatic rings. The van der Waals surface area contributed by atoms with E-state index in [4.69, 9.17) is 42.5 Å². The molecule has 0 saturated carbocycles. The second-order valence-corrected chi connectivity index (χ2v) is 27.3. The summed E-state index contributed by atoms with van der Waals surface area (Å²) >= 11 is 0. The highest BCUT2D eigenvalue weighted by atomic mass is 31.2. The summed E-state index contributed by atoms with van der Waals surface area (Å²) in [5, 5.41) is 1.79. The molecule has 2 rings (SSSR count). The van der Waals surface area contributed by atoms with Gasteiger partial charge in [-0.15, -0.1) is 6.58 Å². The van der Waals surface area contributed by atoms with Crippen molar-refractivity contribution in [1.82, 2.24) is 0 Å². The zero-order valence-corrected chi connectivity index (χ0v) is 60.2. The lowest BCUT2D eigenvalue weighted by Crippen LogP contribution is -2.43. The number of phosphoric ester groups is 1. The van der Waals surface area contributed by atoms with Crippen LogP contribution in [-0.2, 0) is 122 Å². The van der Waals surface area contributed by atoms with Gasteiger partial charge in [-0.3, -0.25) is 23.0 Å². The Kier molecular flexibility index (Phi) is 53.2. The third-order valence-corrected chi connectivity index (χ3v) is 17.4. The predicted molar refractivity (Wildman–Crippen MR) is 370 cm³/mol. The Morgan fingerprint density at radius 1 is 0.475 bits per heavy atom. The Morgan fingerprint density at radius 2 is 0.798 bits per heavy atom. The molecule has 2 aromatic rings. The first-order valence-electron chi connectivity index (χ1n) is 29.1. The van der Waals surface area contributed by atoms with E-state index in [0.29, 0.717) is 18.4 Å². The summed E-state index contributed by atoms with van der Waals surface area (Å²) in [6.45, 7) is 44.3. The van der Waals surface area contributed by atoms with Gasteiger partial charge in [-0.1, -0.05) is 146 Å². The van der Waals surface area contributed by atoms with Crippen LogP contribution in [0.15, 0.2) is 199 Å². The van der Waals surface area contributed by atoms with E-state index in [0.717, 1.165) is 53.3 Å². The largest absolute Gasteiger partial charge is 0.472 e. The molecule has 0 amide bonds. The van der Waals surface area contributed by atoms with Gasteiger partial charge in [-0.25, -0.2) is 42.9 Å². The molecule has 33 heteroatoms. The Morgan fingerprint density at radius 3 is 1.07 bits per heavy atom. The lowest BCUT2D eigenvalue weighted by molar-refractivity contribution is -0.164. The highest BCUT2D eigenvalue weighted by Gasteiger charge is 2.38. The molecule has 0 aromatic heterocycles. The van der Waals surface area contributed by atoms with E-state index in [9.17, 15) is 66.3 Å². The molecule has 29 nitrogen and oxygen atoms in total. The van der Waals surface area contributed by atoms with Gasteiger partial charge in [0.05, 0.1) is 45.7 Å². The zero-order valence-electron chi connectivity index (χ0n) is 56.6. The van der Waals surface area contributed by atoms with Crippen LogP contribution in [0.1, 0.15) is 54.4 Å². The average Bonchev–Trinajstić information content (AvgIpc) is 0.804. The summed E-state index contributed by atoms with van der Waals surface area (Å²) in [6.07, 6.45) is 9.61. The topological polar surface area (TPSA) is 403 Å². The first-order chi connectivity index (χ1) is 46.3. The van der Waals surface area contributed by atoms with Crippen LogP contribution >= 0.6 is 30.2 Å². The van der Waals surface area contributed by atoms with Crippen molar-refractivity contribution >= 4 is 94.5 Å². The van der Waals surface area contributed by atoms with E-state index in [1.807, 2.05) is 74.5 Å². The standard InChI is InChI=1S/C17H20O8.C15H15OP.C12H19O8P.C12H18O4.C8H15O5P.C2H5O3P/c1-5-13(18)22-9-17(10-23-14(19)6-2,11-24-15(20)7-3)12-25-16(21)8-4;1-2-13-17(16,14-9-5-3-6-10-14)15-11-7-4-8-12-15;1-9(2)11(13)17-5-7-19-21(15,16)20-8-6-18-12(14)10(3)4;1-5-10(13)16-9-12(4,6-2)8-11(14)15-7-3;1-4-8(9)11-7-14(10,12-5-2)13-6-3;1-2-6(3,4)5/h5-8H,1-4,9-12H2;2-12H,1,13H2;1,3,5-8H2,2,4H3,(H,15,16);5,7H,1,3,6,8-9H2,2,4H3;4H,1,5-7H2,2-3H3;2H,1H2,(H2,3,4,5). The lowest BCUT2D eigenvalue weighted by atomic mass is 9.85. The molecule has 550 valence electrons. The monoisotopic (exact) mass is 1470 g/mol. The Hall–Kier alpha value is -8.55. The van der Waals surface area contributed by atoms with Crippen molar-refractivity contribution in [2.45, 2.75) is 54.4 Å². The summed E-state index contributed by atoms with van der Waals surface area (Å²) in [6, 6.07) is 19.3. The molecule has 1 unspecified atom stereocenters. The van der Waals surface area contributed by atoms with Crippen molar-refractivity contribution in [1.29, 1.82) is 0 Å². The van der Waals surface area contributed by atoms with Gasteiger partial charge in [0.15, 0.2) is 6.35 Å². The fourth-order valence-electron chi connectivity index (χ4n) is 5.89. The first-order valence-corrected chi connectivity index (χ1v) is 35.9. The number of benzene rings is 2. The van der Waals surface area contributed by atoms with Crippen LogP contribution in [0.25, 0.3) is 0 Å². The van der Waals surface area contributed by atoms with Crippen LogP contribution in [0, 0.1) is 10.8 Å². The second kappa shape index (κ2) is 54.4. The summed E-state index contributed by atoms with van der Waals surface area (Å²) in [5.74, 6) is -5.20. The minimum atomic E-state index is -4.29. The third kappa shape index (κ3) is 49.6. The maximum absolute atomic E-state index is 13.1. The van der Waals surface area contributed by atoms with E-state index < -0.39 is 88.7 Å². The number of allylic oxidation sites excluding steroid dienone is 1. The summed E-state index contributed by atoms with van der Waals surface area (Å²) in [4.78, 5) is 125. The molecule has 0 bridgehead atoms. The van der Waals surface area contributed by atoms with E-state index in [1.165, 1.54) is 13.8 Å². The van der Waals surface area contributed by atoms with Gasteiger partial charge >= 0.3 is 76.7 Å². The molecular weight excluding hydrogens is 1380 g/mol.